The predicted octanol–water partition coefficient (Wildman–Crippen LogP) is 3.94. The Balaban J connectivity index is 2.04. The van der Waals surface area contributed by atoms with E-state index in [0.717, 1.165) is 16.1 Å². The molecule has 0 spiro atoms. The van der Waals surface area contributed by atoms with E-state index < -0.39 is 40.2 Å². The predicted molar refractivity (Wildman–Crippen MR) is 143 cm³/mol. The Kier molecular flexibility index (Phi) is 9.29. The highest BCUT2D eigenvalue weighted by Crippen LogP contribution is 2.27. The lowest BCUT2D eigenvalue weighted by molar-refractivity contribution is -0.139. The van der Waals surface area contributed by atoms with Crippen molar-refractivity contribution < 1.29 is 22.4 Å². The van der Waals surface area contributed by atoms with E-state index in [2.05, 4.69) is 5.32 Å². The number of benzene rings is 3. The molecule has 0 aliphatic carbocycles. The average Bonchev–Trinajstić information content (AvgIpc) is 2.86. The highest BCUT2D eigenvalue weighted by atomic mass is 35.5. The third kappa shape index (κ3) is 7.53. The van der Waals surface area contributed by atoms with Gasteiger partial charge in [0.05, 0.1) is 11.9 Å². The molecule has 2 amide bonds. The third-order valence-electron chi connectivity index (χ3n) is 5.90. The molecule has 0 unspecified atom stereocenters. The van der Waals surface area contributed by atoms with E-state index in [0.29, 0.717) is 16.1 Å². The number of nitrogens with zero attached hydrogens (tertiary/aromatic N) is 2. The maximum Gasteiger partial charge on any atom is 0.244 e. The number of anilines is 1. The lowest BCUT2D eigenvalue weighted by Gasteiger charge is -2.33. The molecular weight excluding hydrogens is 517 g/mol. The van der Waals surface area contributed by atoms with Crippen LogP contribution < -0.4 is 9.62 Å². The molecule has 10 heteroatoms. The van der Waals surface area contributed by atoms with Crippen molar-refractivity contribution in [2.45, 2.75) is 25.9 Å². The fraction of sp³-hybridized carbons (Fsp3) is 0.259. The molecule has 1 N–H and O–H groups in total. The molecular formula is C27H29ClFN3O4S. The quantitative estimate of drug-likeness (QED) is 0.418. The van der Waals surface area contributed by atoms with Gasteiger partial charge in [-0.05, 0) is 47.9 Å². The zero-order valence-corrected chi connectivity index (χ0v) is 22.4. The Hall–Kier alpha value is -3.43. The van der Waals surface area contributed by atoms with E-state index in [-0.39, 0.29) is 18.7 Å². The van der Waals surface area contributed by atoms with Crippen molar-refractivity contribution in [3.05, 3.63) is 100 Å². The van der Waals surface area contributed by atoms with Gasteiger partial charge in [0.15, 0.2) is 0 Å². The van der Waals surface area contributed by atoms with Crippen LogP contribution in [0.2, 0.25) is 5.02 Å². The maximum atomic E-state index is 13.8. The monoisotopic (exact) mass is 545 g/mol. The summed E-state index contributed by atoms with van der Waals surface area (Å²) in [6.45, 7) is 1.13. The van der Waals surface area contributed by atoms with E-state index in [1.807, 2.05) is 30.3 Å². The van der Waals surface area contributed by atoms with Crippen LogP contribution in [0.1, 0.15) is 16.7 Å². The van der Waals surface area contributed by atoms with Crippen molar-refractivity contribution in [1.29, 1.82) is 0 Å². The molecule has 0 heterocycles. The highest BCUT2D eigenvalue weighted by molar-refractivity contribution is 7.92. The number of carbonyl (C=O) groups excluding carboxylic acids is 2. The molecule has 0 aromatic heterocycles. The van der Waals surface area contributed by atoms with Crippen LogP contribution in [0.4, 0.5) is 10.1 Å². The Morgan fingerprint density at radius 3 is 2.24 bits per heavy atom. The first-order chi connectivity index (χ1) is 17.5. The van der Waals surface area contributed by atoms with Crippen molar-refractivity contribution in [2.24, 2.45) is 0 Å². The summed E-state index contributed by atoms with van der Waals surface area (Å²) in [5.41, 5.74) is 2.28. The van der Waals surface area contributed by atoms with Gasteiger partial charge < -0.3 is 10.2 Å². The Labute approximate surface area is 221 Å². The second-order valence-electron chi connectivity index (χ2n) is 8.67. The normalized spacial score (nSPS) is 12.0. The summed E-state index contributed by atoms with van der Waals surface area (Å²) >= 11 is 6.13. The molecule has 37 heavy (non-hydrogen) atoms. The minimum absolute atomic E-state index is 0.0316. The fourth-order valence-corrected chi connectivity index (χ4v) is 5.02. The number of rotatable bonds is 10. The standard InChI is InChI=1S/C27H29ClFN3O4S/c1-19-9-12-22(28)16-24(19)32(37(3,35)36)18-26(33)31(17-21-10-13-23(29)14-11-21)25(27(34)30-2)15-20-7-5-4-6-8-20/h4-14,16,25H,15,17-18H2,1-3H3,(H,30,34)/t25-/m0/s1. The summed E-state index contributed by atoms with van der Waals surface area (Å²) in [5.74, 6) is -1.45. The summed E-state index contributed by atoms with van der Waals surface area (Å²) in [6, 6.07) is 18.6. The van der Waals surface area contributed by atoms with Gasteiger partial charge in [-0.2, -0.15) is 0 Å². The van der Waals surface area contributed by atoms with Gasteiger partial charge in [-0.25, -0.2) is 12.8 Å². The van der Waals surface area contributed by atoms with Crippen LogP contribution >= 0.6 is 11.6 Å². The van der Waals surface area contributed by atoms with Crippen molar-refractivity contribution >= 4 is 39.1 Å². The molecule has 0 fully saturated rings. The molecule has 3 rings (SSSR count). The van der Waals surface area contributed by atoms with Crippen LogP contribution in [0, 0.1) is 12.7 Å². The molecule has 196 valence electrons. The van der Waals surface area contributed by atoms with Gasteiger partial charge in [-0.15, -0.1) is 0 Å². The number of hydrogen-bond donors (Lipinski definition) is 1. The first-order valence-corrected chi connectivity index (χ1v) is 13.8. The van der Waals surface area contributed by atoms with Gasteiger partial charge in [0.1, 0.15) is 18.4 Å². The van der Waals surface area contributed by atoms with Gasteiger partial charge in [0.2, 0.25) is 21.8 Å². The first-order valence-electron chi connectivity index (χ1n) is 11.5. The zero-order chi connectivity index (χ0) is 27.2. The molecule has 1 atom stereocenters. The lowest BCUT2D eigenvalue weighted by atomic mass is 10.0. The molecule has 0 aliphatic heterocycles. The number of amides is 2. The number of halogens is 2. The number of carbonyl (C=O) groups is 2. The van der Waals surface area contributed by atoms with Crippen molar-refractivity contribution in [2.75, 3.05) is 24.2 Å². The van der Waals surface area contributed by atoms with Crippen molar-refractivity contribution in [3.63, 3.8) is 0 Å². The number of nitrogens with one attached hydrogen (secondary N) is 1. The summed E-state index contributed by atoms with van der Waals surface area (Å²) < 4.78 is 40.1. The molecule has 3 aromatic carbocycles. The van der Waals surface area contributed by atoms with Gasteiger partial charge in [0, 0.05) is 25.0 Å². The Bertz CT molecular complexity index is 1350. The number of aryl methyl sites for hydroxylation is 1. The van der Waals surface area contributed by atoms with Crippen molar-refractivity contribution in [1.82, 2.24) is 10.2 Å². The van der Waals surface area contributed by atoms with Gasteiger partial charge >= 0.3 is 0 Å². The van der Waals surface area contributed by atoms with E-state index in [9.17, 15) is 22.4 Å². The largest absolute Gasteiger partial charge is 0.357 e. The van der Waals surface area contributed by atoms with E-state index >= 15 is 0 Å². The van der Waals surface area contributed by atoms with Crippen LogP contribution in [-0.4, -0.2) is 51.0 Å². The van der Waals surface area contributed by atoms with Gasteiger partial charge in [0.25, 0.3) is 0 Å². The van der Waals surface area contributed by atoms with Crippen LogP contribution in [0.15, 0.2) is 72.8 Å². The minimum atomic E-state index is -3.90. The topological polar surface area (TPSA) is 86.8 Å². The summed E-state index contributed by atoms with van der Waals surface area (Å²) in [5, 5.41) is 2.92. The number of hydrogen-bond acceptors (Lipinski definition) is 4. The highest BCUT2D eigenvalue weighted by Gasteiger charge is 2.33. The van der Waals surface area contributed by atoms with E-state index in [4.69, 9.17) is 11.6 Å². The summed E-state index contributed by atoms with van der Waals surface area (Å²) in [7, 11) is -2.43. The lowest BCUT2D eigenvalue weighted by Crippen LogP contribution is -2.53. The SMILES string of the molecule is CNC(=O)[C@H](Cc1ccccc1)N(Cc1ccc(F)cc1)C(=O)CN(c1cc(Cl)ccc1C)S(C)(=O)=O. The molecule has 0 radical (unpaired) electrons. The average molecular weight is 546 g/mol. The molecule has 0 saturated carbocycles. The summed E-state index contributed by atoms with van der Waals surface area (Å²) in [6.07, 6.45) is 1.20. The third-order valence-corrected chi connectivity index (χ3v) is 7.26. The molecule has 0 aliphatic rings. The number of sulfonamides is 1. The Morgan fingerprint density at radius 1 is 1.00 bits per heavy atom. The molecule has 3 aromatic rings. The van der Waals surface area contributed by atoms with Gasteiger partial charge in [-0.3, -0.25) is 13.9 Å². The van der Waals surface area contributed by atoms with Crippen LogP contribution in [0.25, 0.3) is 0 Å². The van der Waals surface area contributed by atoms with Crippen molar-refractivity contribution in [3.8, 4) is 0 Å². The second-order valence-corrected chi connectivity index (χ2v) is 11.0. The summed E-state index contributed by atoms with van der Waals surface area (Å²) in [4.78, 5) is 28.2. The van der Waals surface area contributed by atoms with Crippen LogP contribution in [0.5, 0.6) is 0 Å². The van der Waals surface area contributed by atoms with Crippen LogP contribution in [-0.2, 0) is 32.6 Å². The zero-order valence-electron chi connectivity index (χ0n) is 20.8. The smallest absolute Gasteiger partial charge is 0.244 e. The molecule has 0 saturated heterocycles. The number of likely N-dealkylation sites (N-methyl/N-ethyl adjacent to an activating group) is 1. The van der Waals surface area contributed by atoms with Crippen LogP contribution in [0.3, 0.4) is 0 Å². The van der Waals surface area contributed by atoms with E-state index in [1.54, 1.807) is 19.1 Å². The molecule has 0 bridgehead atoms. The fourth-order valence-electron chi connectivity index (χ4n) is 3.95. The second kappa shape index (κ2) is 12.2. The van der Waals surface area contributed by atoms with Gasteiger partial charge in [-0.1, -0.05) is 60.1 Å². The first kappa shape index (κ1) is 28.1. The minimum Gasteiger partial charge on any atom is -0.357 e. The Morgan fingerprint density at radius 2 is 1.65 bits per heavy atom. The van der Waals surface area contributed by atoms with E-state index in [1.165, 1.54) is 42.3 Å². The maximum absolute atomic E-state index is 13.8. The molecule has 7 nitrogen and oxygen atoms in total.